The lowest BCUT2D eigenvalue weighted by Gasteiger charge is -2.26. The van der Waals surface area contributed by atoms with Gasteiger partial charge < -0.3 is 19.7 Å². The molecule has 25 heavy (non-hydrogen) atoms. The van der Waals surface area contributed by atoms with E-state index in [1.165, 1.54) is 44.6 Å². The molecular weight excluding hydrogens is 330 g/mol. The number of carbonyl (C=O) groups excluding carboxylic acids is 1. The van der Waals surface area contributed by atoms with Crippen molar-refractivity contribution in [2.45, 2.75) is 25.9 Å². The van der Waals surface area contributed by atoms with Crippen LogP contribution in [-0.2, 0) is 4.79 Å². The Morgan fingerprint density at radius 1 is 1.32 bits per heavy atom. The highest BCUT2D eigenvalue weighted by Crippen LogP contribution is 2.33. The SMILES string of the molecule is COc1cccc(C=CC(=O)NCCN2CCCCC2)c1OC(F)F. The Bertz CT molecular complexity index is 588. The number of nitrogens with one attached hydrogen (secondary N) is 1. The topological polar surface area (TPSA) is 50.8 Å². The molecule has 0 bridgehead atoms. The summed E-state index contributed by atoms with van der Waals surface area (Å²) in [7, 11) is 1.37. The number of amides is 1. The van der Waals surface area contributed by atoms with Crippen molar-refractivity contribution in [2.24, 2.45) is 0 Å². The van der Waals surface area contributed by atoms with Crippen molar-refractivity contribution in [3.63, 3.8) is 0 Å². The Morgan fingerprint density at radius 3 is 2.76 bits per heavy atom. The van der Waals surface area contributed by atoms with Crippen molar-refractivity contribution >= 4 is 12.0 Å². The van der Waals surface area contributed by atoms with E-state index in [9.17, 15) is 13.6 Å². The molecule has 1 fully saturated rings. The molecule has 0 unspecified atom stereocenters. The van der Waals surface area contributed by atoms with E-state index in [1.54, 1.807) is 12.1 Å². The second-order valence-corrected chi connectivity index (χ2v) is 5.78. The number of para-hydroxylation sites is 1. The van der Waals surface area contributed by atoms with Gasteiger partial charge in [0.25, 0.3) is 0 Å². The summed E-state index contributed by atoms with van der Waals surface area (Å²) in [6.07, 6.45) is 6.43. The predicted molar refractivity (Wildman–Crippen MR) is 92.0 cm³/mol. The van der Waals surface area contributed by atoms with Crippen LogP contribution in [0.25, 0.3) is 6.08 Å². The molecule has 0 radical (unpaired) electrons. The summed E-state index contributed by atoms with van der Waals surface area (Å²) < 4.78 is 34.7. The molecule has 0 spiro atoms. The molecule has 7 heteroatoms. The van der Waals surface area contributed by atoms with E-state index in [2.05, 4.69) is 15.0 Å². The van der Waals surface area contributed by atoms with Crippen molar-refractivity contribution < 1.29 is 23.0 Å². The summed E-state index contributed by atoms with van der Waals surface area (Å²) in [5.74, 6) is -0.173. The van der Waals surface area contributed by atoms with Gasteiger partial charge in [0.05, 0.1) is 7.11 Å². The van der Waals surface area contributed by atoms with Gasteiger partial charge in [-0.05, 0) is 38.1 Å². The number of methoxy groups -OCH3 is 1. The molecule has 5 nitrogen and oxygen atoms in total. The van der Waals surface area contributed by atoms with Gasteiger partial charge >= 0.3 is 6.61 Å². The van der Waals surface area contributed by atoms with Gasteiger partial charge in [-0.3, -0.25) is 4.79 Å². The fraction of sp³-hybridized carbons (Fsp3) is 0.500. The maximum atomic E-state index is 12.6. The average Bonchev–Trinajstić information content (AvgIpc) is 2.61. The summed E-state index contributed by atoms with van der Waals surface area (Å²) >= 11 is 0. The van der Waals surface area contributed by atoms with Crippen LogP contribution < -0.4 is 14.8 Å². The van der Waals surface area contributed by atoms with Gasteiger partial charge in [0, 0.05) is 24.7 Å². The number of piperidine rings is 1. The maximum absolute atomic E-state index is 12.6. The number of halogens is 2. The normalized spacial score (nSPS) is 15.5. The number of rotatable bonds is 8. The van der Waals surface area contributed by atoms with Gasteiger partial charge in [-0.2, -0.15) is 8.78 Å². The zero-order valence-electron chi connectivity index (χ0n) is 14.3. The van der Waals surface area contributed by atoms with E-state index in [-0.39, 0.29) is 17.4 Å². The van der Waals surface area contributed by atoms with Crippen LogP contribution in [0.15, 0.2) is 24.3 Å². The fourth-order valence-corrected chi connectivity index (χ4v) is 2.78. The molecule has 2 rings (SSSR count). The lowest BCUT2D eigenvalue weighted by molar-refractivity contribution is -0.116. The third-order valence-corrected chi connectivity index (χ3v) is 4.03. The van der Waals surface area contributed by atoms with Crippen molar-refractivity contribution in [1.29, 1.82) is 0 Å². The standard InChI is InChI=1S/C18H24F2N2O3/c1-24-15-7-5-6-14(17(15)25-18(19)20)8-9-16(23)21-10-13-22-11-3-2-4-12-22/h5-9,18H,2-4,10-13H2,1H3,(H,21,23). The Hall–Kier alpha value is -2.15. The van der Waals surface area contributed by atoms with Crippen molar-refractivity contribution in [1.82, 2.24) is 10.2 Å². The van der Waals surface area contributed by atoms with E-state index in [0.29, 0.717) is 12.1 Å². The molecule has 138 valence electrons. The van der Waals surface area contributed by atoms with Crippen LogP contribution in [-0.4, -0.2) is 50.7 Å². The number of alkyl halides is 2. The molecule has 1 saturated heterocycles. The van der Waals surface area contributed by atoms with Gasteiger partial charge in [0.15, 0.2) is 11.5 Å². The zero-order valence-corrected chi connectivity index (χ0v) is 14.3. The molecule has 0 atom stereocenters. The van der Waals surface area contributed by atoms with Gasteiger partial charge in [-0.15, -0.1) is 0 Å². The lowest BCUT2D eigenvalue weighted by Crippen LogP contribution is -2.37. The van der Waals surface area contributed by atoms with Crippen molar-refractivity contribution in [3.8, 4) is 11.5 Å². The summed E-state index contributed by atoms with van der Waals surface area (Å²) in [6, 6.07) is 4.75. The highest BCUT2D eigenvalue weighted by molar-refractivity contribution is 5.92. The van der Waals surface area contributed by atoms with Crippen LogP contribution in [0.5, 0.6) is 11.5 Å². The van der Waals surface area contributed by atoms with E-state index in [0.717, 1.165) is 19.6 Å². The third kappa shape index (κ3) is 6.34. The number of ether oxygens (including phenoxy) is 2. The monoisotopic (exact) mass is 354 g/mol. The summed E-state index contributed by atoms with van der Waals surface area (Å²) in [5.41, 5.74) is 0.353. The first-order valence-corrected chi connectivity index (χ1v) is 8.40. The quantitative estimate of drug-likeness (QED) is 0.730. The minimum absolute atomic E-state index is 0.0858. The molecule has 1 N–H and O–H groups in total. The van der Waals surface area contributed by atoms with Crippen molar-refractivity contribution in [3.05, 3.63) is 29.8 Å². The second kappa shape index (κ2) is 9.98. The lowest BCUT2D eigenvalue weighted by atomic mass is 10.1. The molecule has 1 aliphatic rings. The van der Waals surface area contributed by atoms with Crippen LogP contribution in [0.3, 0.4) is 0 Å². The molecule has 1 aromatic carbocycles. The Labute approximate surface area is 146 Å². The summed E-state index contributed by atoms with van der Waals surface area (Å²) in [4.78, 5) is 14.2. The first kappa shape index (κ1) is 19.2. The molecule has 1 heterocycles. The van der Waals surface area contributed by atoms with Gasteiger partial charge in [0.2, 0.25) is 5.91 Å². The Kier molecular flexibility index (Phi) is 7.66. The molecule has 1 aromatic rings. The highest BCUT2D eigenvalue weighted by Gasteiger charge is 2.14. The van der Waals surface area contributed by atoms with Crippen LogP contribution >= 0.6 is 0 Å². The minimum atomic E-state index is -2.97. The number of benzene rings is 1. The van der Waals surface area contributed by atoms with Crippen molar-refractivity contribution in [2.75, 3.05) is 33.3 Å². The van der Waals surface area contributed by atoms with E-state index in [4.69, 9.17) is 4.74 Å². The predicted octanol–water partition coefficient (Wildman–Crippen LogP) is 2.91. The first-order valence-electron chi connectivity index (χ1n) is 8.40. The largest absolute Gasteiger partial charge is 0.493 e. The molecular formula is C18H24F2N2O3. The van der Waals surface area contributed by atoms with Crippen LogP contribution in [0, 0.1) is 0 Å². The van der Waals surface area contributed by atoms with E-state index < -0.39 is 6.61 Å². The minimum Gasteiger partial charge on any atom is -0.493 e. The zero-order chi connectivity index (χ0) is 18.1. The van der Waals surface area contributed by atoms with Gasteiger partial charge in [-0.25, -0.2) is 0 Å². The maximum Gasteiger partial charge on any atom is 0.387 e. The molecule has 0 saturated carbocycles. The smallest absolute Gasteiger partial charge is 0.387 e. The number of hydrogen-bond donors (Lipinski definition) is 1. The average molecular weight is 354 g/mol. The molecule has 1 aliphatic heterocycles. The van der Waals surface area contributed by atoms with E-state index >= 15 is 0 Å². The Balaban J connectivity index is 1.90. The number of carbonyl (C=O) groups is 1. The van der Waals surface area contributed by atoms with Gasteiger partial charge in [-0.1, -0.05) is 18.6 Å². The highest BCUT2D eigenvalue weighted by atomic mass is 19.3. The summed E-state index contributed by atoms with van der Waals surface area (Å²) in [6.45, 7) is 0.551. The number of likely N-dealkylation sites (tertiary alicyclic amines) is 1. The fourth-order valence-electron chi connectivity index (χ4n) is 2.78. The van der Waals surface area contributed by atoms with Crippen LogP contribution in [0.4, 0.5) is 8.78 Å². The van der Waals surface area contributed by atoms with E-state index in [1.807, 2.05) is 0 Å². The van der Waals surface area contributed by atoms with Crippen LogP contribution in [0.2, 0.25) is 0 Å². The summed E-state index contributed by atoms with van der Waals surface area (Å²) in [5, 5.41) is 2.80. The first-order chi connectivity index (χ1) is 12.1. The second-order valence-electron chi connectivity index (χ2n) is 5.78. The number of nitrogens with zero attached hydrogens (tertiary/aromatic N) is 1. The van der Waals surface area contributed by atoms with Crippen LogP contribution in [0.1, 0.15) is 24.8 Å². The van der Waals surface area contributed by atoms with Gasteiger partial charge in [0.1, 0.15) is 0 Å². The Morgan fingerprint density at radius 2 is 2.08 bits per heavy atom. The molecule has 0 aromatic heterocycles. The molecule has 1 amide bonds. The number of hydrogen-bond acceptors (Lipinski definition) is 4. The third-order valence-electron chi connectivity index (χ3n) is 4.03. The molecule has 0 aliphatic carbocycles.